The summed E-state index contributed by atoms with van der Waals surface area (Å²) in [6, 6.07) is 14.3. The van der Waals surface area contributed by atoms with Crippen LogP contribution in [-0.4, -0.2) is 29.8 Å². The minimum Gasteiger partial charge on any atom is -0.494 e. The molecule has 6 nitrogen and oxygen atoms in total. The zero-order chi connectivity index (χ0) is 18.5. The van der Waals surface area contributed by atoms with E-state index >= 15 is 0 Å². The van der Waals surface area contributed by atoms with Crippen LogP contribution >= 0.6 is 0 Å². The van der Waals surface area contributed by atoms with Crippen LogP contribution in [0.3, 0.4) is 0 Å². The zero-order valence-electron chi connectivity index (χ0n) is 14.6. The highest BCUT2D eigenvalue weighted by Crippen LogP contribution is 2.41. The van der Waals surface area contributed by atoms with E-state index in [-0.39, 0.29) is 17.6 Å². The minimum atomic E-state index is -0.963. The third-order valence-corrected chi connectivity index (χ3v) is 4.36. The number of rotatable bonds is 7. The van der Waals surface area contributed by atoms with Gasteiger partial charge in [0.2, 0.25) is 0 Å². The number of ether oxygens (including phenoxy) is 1. The maximum absolute atomic E-state index is 12.0. The predicted molar refractivity (Wildman–Crippen MR) is 97.5 cm³/mol. The summed E-state index contributed by atoms with van der Waals surface area (Å²) in [7, 11) is 0. The Morgan fingerprint density at radius 1 is 1.19 bits per heavy atom. The van der Waals surface area contributed by atoms with E-state index in [2.05, 4.69) is 16.7 Å². The number of hydrogen-bond donors (Lipinski definition) is 3. The molecule has 2 amide bonds. The monoisotopic (exact) mass is 354 g/mol. The molecule has 26 heavy (non-hydrogen) atoms. The van der Waals surface area contributed by atoms with E-state index in [0.717, 1.165) is 17.7 Å². The van der Waals surface area contributed by atoms with Gasteiger partial charge in [-0.3, -0.25) is 0 Å². The highest BCUT2D eigenvalue weighted by atomic mass is 16.5. The lowest BCUT2D eigenvalue weighted by Crippen LogP contribution is -2.36. The lowest BCUT2D eigenvalue weighted by atomic mass is 10.1. The van der Waals surface area contributed by atoms with Gasteiger partial charge in [0.1, 0.15) is 5.75 Å². The molecule has 0 radical (unpaired) electrons. The number of aromatic carboxylic acids is 1. The highest BCUT2D eigenvalue weighted by molar-refractivity contribution is 5.87. The first-order valence-corrected chi connectivity index (χ1v) is 8.66. The van der Waals surface area contributed by atoms with E-state index in [1.807, 2.05) is 25.1 Å². The third-order valence-electron chi connectivity index (χ3n) is 4.36. The van der Waals surface area contributed by atoms with E-state index < -0.39 is 5.97 Å². The van der Waals surface area contributed by atoms with Gasteiger partial charge in [-0.05, 0) is 48.7 Å². The Kier molecular flexibility index (Phi) is 5.41. The van der Waals surface area contributed by atoms with Gasteiger partial charge in [-0.2, -0.15) is 0 Å². The molecular weight excluding hydrogens is 332 g/mol. The van der Waals surface area contributed by atoms with Crippen LogP contribution in [0.4, 0.5) is 4.79 Å². The second-order valence-electron chi connectivity index (χ2n) is 6.28. The van der Waals surface area contributed by atoms with Crippen molar-refractivity contribution in [3.05, 3.63) is 65.2 Å². The van der Waals surface area contributed by atoms with Crippen molar-refractivity contribution in [3.8, 4) is 5.75 Å². The van der Waals surface area contributed by atoms with Gasteiger partial charge in [0.05, 0.1) is 12.2 Å². The van der Waals surface area contributed by atoms with Gasteiger partial charge >= 0.3 is 12.0 Å². The van der Waals surface area contributed by atoms with Gasteiger partial charge in [-0.25, -0.2) is 9.59 Å². The largest absolute Gasteiger partial charge is 0.494 e. The molecule has 0 heterocycles. The summed E-state index contributed by atoms with van der Waals surface area (Å²) in [4.78, 5) is 22.9. The van der Waals surface area contributed by atoms with Crippen molar-refractivity contribution < 1.29 is 19.4 Å². The molecule has 2 aromatic rings. The van der Waals surface area contributed by atoms with Gasteiger partial charge in [0, 0.05) is 18.5 Å². The molecule has 1 fully saturated rings. The van der Waals surface area contributed by atoms with Crippen LogP contribution in [0, 0.1) is 0 Å². The number of hydrogen-bond acceptors (Lipinski definition) is 3. The summed E-state index contributed by atoms with van der Waals surface area (Å²) in [5, 5.41) is 14.6. The Morgan fingerprint density at radius 2 is 1.96 bits per heavy atom. The van der Waals surface area contributed by atoms with Gasteiger partial charge in [-0.15, -0.1) is 0 Å². The highest BCUT2D eigenvalue weighted by Gasteiger charge is 2.39. The first kappa shape index (κ1) is 17.8. The van der Waals surface area contributed by atoms with Gasteiger partial charge in [0.25, 0.3) is 0 Å². The normalized spacial score (nSPS) is 18.0. The third kappa shape index (κ3) is 4.53. The Hall–Kier alpha value is -3.02. The van der Waals surface area contributed by atoms with Crippen molar-refractivity contribution in [3.63, 3.8) is 0 Å². The maximum atomic E-state index is 12.0. The fourth-order valence-electron chi connectivity index (χ4n) is 2.89. The molecule has 1 saturated carbocycles. The molecule has 0 aliphatic heterocycles. The number of benzene rings is 2. The maximum Gasteiger partial charge on any atom is 0.335 e. The van der Waals surface area contributed by atoms with Gasteiger partial charge < -0.3 is 20.5 Å². The van der Waals surface area contributed by atoms with Crippen LogP contribution in [0.2, 0.25) is 0 Å². The van der Waals surface area contributed by atoms with E-state index in [9.17, 15) is 9.59 Å². The Balaban J connectivity index is 1.46. The number of amides is 2. The first-order valence-electron chi connectivity index (χ1n) is 8.66. The number of carboxylic acid groups (broad SMARTS) is 1. The van der Waals surface area contributed by atoms with Crippen molar-refractivity contribution in [1.82, 2.24) is 10.6 Å². The number of carboxylic acids is 1. The molecule has 3 rings (SSSR count). The van der Waals surface area contributed by atoms with Crippen LogP contribution < -0.4 is 15.4 Å². The molecule has 0 spiro atoms. The topological polar surface area (TPSA) is 87.7 Å². The second kappa shape index (κ2) is 7.91. The van der Waals surface area contributed by atoms with E-state index in [1.54, 1.807) is 12.1 Å². The standard InChI is InChI=1S/C20H22N2O4/c1-2-26-16-5-3-4-15(10-16)17-11-18(17)22-20(25)21-12-13-6-8-14(9-7-13)19(23)24/h3-10,17-18H,2,11-12H2,1H3,(H,23,24)(H2,21,22,25)/t17-,18+/m0/s1. The lowest BCUT2D eigenvalue weighted by molar-refractivity contribution is 0.0697. The Labute approximate surface area is 152 Å². The number of nitrogens with one attached hydrogen (secondary N) is 2. The SMILES string of the molecule is CCOc1cccc([C@@H]2C[C@H]2NC(=O)NCc2ccc(C(=O)O)cc2)c1. The molecule has 0 saturated heterocycles. The van der Waals surface area contributed by atoms with Crippen LogP contribution in [-0.2, 0) is 6.54 Å². The second-order valence-corrected chi connectivity index (χ2v) is 6.28. The first-order chi connectivity index (χ1) is 12.6. The van der Waals surface area contributed by atoms with E-state index in [1.165, 1.54) is 17.7 Å². The summed E-state index contributed by atoms with van der Waals surface area (Å²) in [5.74, 6) is 0.205. The van der Waals surface area contributed by atoms with E-state index in [0.29, 0.717) is 19.1 Å². The molecule has 2 atom stereocenters. The van der Waals surface area contributed by atoms with Crippen molar-refractivity contribution in [2.75, 3.05) is 6.61 Å². The molecular formula is C20H22N2O4. The molecule has 136 valence electrons. The summed E-state index contributed by atoms with van der Waals surface area (Å²) >= 11 is 0. The molecule has 3 N–H and O–H groups in total. The lowest BCUT2D eigenvalue weighted by Gasteiger charge is -2.09. The summed E-state index contributed by atoms with van der Waals surface area (Å²) in [6.07, 6.45) is 0.913. The predicted octanol–water partition coefficient (Wildman–Crippen LogP) is 3.14. The summed E-state index contributed by atoms with van der Waals surface area (Å²) < 4.78 is 5.52. The molecule has 2 aromatic carbocycles. The van der Waals surface area contributed by atoms with Crippen molar-refractivity contribution >= 4 is 12.0 Å². The average Bonchev–Trinajstić information content (AvgIpc) is 3.40. The van der Waals surface area contributed by atoms with E-state index in [4.69, 9.17) is 9.84 Å². The molecule has 0 aromatic heterocycles. The van der Waals surface area contributed by atoms with Crippen LogP contribution in [0.15, 0.2) is 48.5 Å². The number of urea groups is 1. The fourth-order valence-corrected chi connectivity index (χ4v) is 2.89. The number of carbonyl (C=O) groups excluding carboxylic acids is 1. The number of carbonyl (C=O) groups is 2. The van der Waals surface area contributed by atoms with Crippen molar-refractivity contribution in [1.29, 1.82) is 0 Å². The molecule has 0 unspecified atom stereocenters. The van der Waals surface area contributed by atoms with Crippen LogP contribution in [0.5, 0.6) is 5.75 Å². The molecule has 1 aliphatic rings. The van der Waals surface area contributed by atoms with Gasteiger partial charge in [0.15, 0.2) is 0 Å². The smallest absolute Gasteiger partial charge is 0.335 e. The van der Waals surface area contributed by atoms with Crippen molar-refractivity contribution in [2.24, 2.45) is 0 Å². The quantitative estimate of drug-likeness (QED) is 0.713. The Bertz CT molecular complexity index is 789. The molecule has 0 bridgehead atoms. The Morgan fingerprint density at radius 3 is 2.65 bits per heavy atom. The van der Waals surface area contributed by atoms with Crippen molar-refractivity contribution in [2.45, 2.75) is 31.8 Å². The zero-order valence-corrected chi connectivity index (χ0v) is 14.6. The van der Waals surface area contributed by atoms with Gasteiger partial charge in [-0.1, -0.05) is 24.3 Å². The minimum absolute atomic E-state index is 0.126. The summed E-state index contributed by atoms with van der Waals surface area (Å²) in [6.45, 7) is 2.93. The fraction of sp³-hybridized carbons (Fsp3) is 0.300. The summed E-state index contributed by atoms with van der Waals surface area (Å²) in [5.41, 5.74) is 2.25. The van der Waals surface area contributed by atoms with Crippen LogP contribution in [0.1, 0.15) is 40.7 Å². The average molecular weight is 354 g/mol. The molecule has 1 aliphatic carbocycles. The van der Waals surface area contributed by atoms with Crippen LogP contribution in [0.25, 0.3) is 0 Å². The molecule has 6 heteroatoms.